The lowest BCUT2D eigenvalue weighted by Gasteiger charge is -2.22. The van der Waals surface area contributed by atoms with Gasteiger partial charge in [0.05, 0.1) is 7.11 Å². The molecule has 2 heteroatoms. The van der Waals surface area contributed by atoms with Gasteiger partial charge in [0.15, 0.2) is 0 Å². The second kappa shape index (κ2) is 5.06. The number of anilines is 1. The normalized spacial score (nSPS) is 17.8. The first-order valence-corrected chi connectivity index (χ1v) is 5.96. The van der Waals surface area contributed by atoms with Gasteiger partial charge in [0.25, 0.3) is 0 Å². The second-order valence-corrected chi connectivity index (χ2v) is 4.21. The molecule has 0 saturated heterocycles. The summed E-state index contributed by atoms with van der Waals surface area (Å²) < 4.78 is 5.21. The van der Waals surface area contributed by atoms with E-state index in [0.717, 1.165) is 5.75 Å². The van der Waals surface area contributed by atoms with Crippen molar-refractivity contribution in [2.45, 2.75) is 32.2 Å². The maximum Gasteiger partial charge on any atom is 0.119 e. The smallest absolute Gasteiger partial charge is 0.119 e. The Morgan fingerprint density at radius 1 is 1.38 bits per heavy atom. The van der Waals surface area contributed by atoms with Crippen molar-refractivity contribution in [3.63, 3.8) is 0 Å². The minimum absolute atomic E-state index is 0.487. The molecule has 0 fully saturated rings. The first-order valence-electron chi connectivity index (χ1n) is 5.96. The van der Waals surface area contributed by atoms with Crippen molar-refractivity contribution < 1.29 is 4.74 Å². The first kappa shape index (κ1) is 11.1. The fraction of sp³-hybridized carbons (Fsp3) is 0.429. The zero-order valence-corrected chi connectivity index (χ0v) is 9.99. The Kier molecular flexibility index (Phi) is 3.50. The maximum atomic E-state index is 5.21. The lowest BCUT2D eigenvalue weighted by molar-refractivity contribution is 0.414. The van der Waals surface area contributed by atoms with Crippen LogP contribution in [0.5, 0.6) is 5.75 Å². The highest BCUT2D eigenvalue weighted by molar-refractivity contribution is 5.72. The molecule has 1 N–H and O–H groups in total. The zero-order valence-electron chi connectivity index (χ0n) is 9.99. The van der Waals surface area contributed by atoms with E-state index in [4.69, 9.17) is 4.74 Å². The number of hydrogen-bond acceptors (Lipinski definition) is 2. The summed E-state index contributed by atoms with van der Waals surface area (Å²) in [7, 11) is 1.70. The molecule has 1 heterocycles. The number of unbranched alkanes of at least 4 members (excludes halogenated alkanes) is 1. The average Bonchev–Trinajstić information content (AvgIpc) is 2.35. The van der Waals surface area contributed by atoms with Gasteiger partial charge in [0.2, 0.25) is 0 Å². The largest absolute Gasteiger partial charge is 0.497 e. The summed E-state index contributed by atoms with van der Waals surface area (Å²) in [5.74, 6) is 0.914. The predicted molar refractivity (Wildman–Crippen MR) is 69.0 cm³/mol. The number of methoxy groups -OCH3 is 1. The van der Waals surface area contributed by atoms with Gasteiger partial charge in [-0.05, 0) is 24.6 Å². The van der Waals surface area contributed by atoms with E-state index >= 15 is 0 Å². The Morgan fingerprint density at radius 3 is 3.00 bits per heavy atom. The molecule has 0 spiro atoms. The highest BCUT2D eigenvalue weighted by atomic mass is 16.5. The van der Waals surface area contributed by atoms with Crippen molar-refractivity contribution >= 4 is 11.8 Å². The highest BCUT2D eigenvalue weighted by Gasteiger charge is 2.12. The Balaban J connectivity index is 2.10. The molecule has 1 aliphatic heterocycles. The minimum Gasteiger partial charge on any atom is -0.497 e. The molecule has 86 valence electrons. The van der Waals surface area contributed by atoms with Crippen LogP contribution in [0, 0.1) is 0 Å². The fourth-order valence-electron chi connectivity index (χ4n) is 2.00. The zero-order chi connectivity index (χ0) is 11.4. The number of ether oxygens (including phenoxy) is 1. The number of rotatable bonds is 4. The van der Waals surface area contributed by atoms with Crippen LogP contribution in [0.1, 0.15) is 31.7 Å². The standard InChI is InChI=1S/C14H19NO/c1-3-4-5-12-7-6-11-10-13(16-2)8-9-14(11)15-12/h6-10,12,15H,3-5H2,1-2H3/t12-/m0/s1. The number of fused-ring (bicyclic) bond motifs is 1. The third-order valence-electron chi connectivity index (χ3n) is 2.98. The Labute approximate surface area is 97.3 Å². The number of hydrogen-bond donors (Lipinski definition) is 1. The molecule has 1 atom stereocenters. The number of nitrogens with one attached hydrogen (secondary N) is 1. The third kappa shape index (κ3) is 2.38. The lowest BCUT2D eigenvalue weighted by atomic mass is 10.0. The summed E-state index contributed by atoms with van der Waals surface area (Å²) in [6, 6.07) is 6.65. The summed E-state index contributed by atoms with van der Waals surface area (Å²) in [6.07, 6.45) is 8.17. The van der Waals surface area contributed by atoms with Gasteiger partial charge in [-0.2, -0.15) is 0 Å². The Morgan fingerprint density at radius 2 is 2.25 bits per heavy atom. The van der Waals surface area contributed by atoms with Gasteiger partial charge in [-0.15, -0.1) is 0 Å². The van der Waals surface area contributed by atoms with Crippen LogP contribution in [0.3, 0.4) is 0 Å². The van der Waals surface area contributed by atoms with E-state index in [1.165, 1.54) is 30.5 Å². The molecule has 0 radical (unpaired) electrons. The Hall–Kier alpha value is -1.44. The van der Waals surface area contributed by atoms with Crippen LogP contribution >= 0.6 is 0 Å². The van der Waals surface area contributed by atoms with Crippen molar-refractivity contribution in [3.05, 3.63) is 29.8 Å². The molecule has 0 saturated carbocycles. The van der Waals surface area contributed by atoms with Crippen molar-refractivity contribution in [1.29, 1.82) is 0 Å². The average molecular weight is 217 g/mol. The van der Waals surface area contributed by atoms with Crippen LogP contribution in [0.15, 0.2) is 24.3 Å². The molecule has 0 aliphatic carbocycles. The second-order valence-electron chi connectivity index (χ2n) is 4.21. The summed E-state index contributed by atoms with van der Waals surface area (Å²) in [5.41, 5.74) is 2.43. The van der Waals surface area contributed by atoms with E-state index in [0.29, 0.717) is 6.04 Å². The van der Waals surface area contributed by atoms with Crippen molar-refractivity contribution in [3.8, 4) is 5.75 Å². The van der Waals surface area contributed by atoms with Crippen LogP contribution < -0.4 is 10.1 Å². The van der Waals surface area contributed by atoms with E-state index in [-0.39, 0.29) is 0 Å². The first-order chi connectivity index (χ1) is 7.83. The van der Waals surface area contributed by atoms with Crippen LogP contribution in [0.25, 0.3) is 6.08 Å². The topological polar surface area (TPSA) is 21.3 Å². The minimum atomic E-state index is 0.487. The van der Waals surface area contributed by atoms with Crippen LogP contribution in [-0.4, -0.2) is 13.2 Å². The van der Waals surface area contributed by atoms with Gasteiger partial charge >= 0.3 is 0 Å². The molecule has 2 rings (SSSR count). The van der Waals surface area contributed by atoms with Gasteiger partial charge < -0.3 is 10.1 Å². The van der Waals surface area contributed by atoms with Gasteiger partial charge in [-0.25, -0.2) is 0 Å². The third-order valence-corrected chi connectivity index (χ3v) is 2.98. The lowest BCUT2D eigenvalue weighted by Crippen LogP contribution is -2.19. The predicted octanol–water partition coefficient (Wildman–Crippen LogP) is 3.69. The van der Waals surface area contributed by atoms with Gasteiger partial charge in [-0.1, -0.05) is 31.9 Å². The maximum absolute atomic E-state index is 5.21. The summed E-state index contributed by atoms with van der Waals surface area (Å²) in [4.78, 5) is 0. The molecule has 1 aromatic carbocycles. The molecule has 2 nitrogen and oxygen atoms in total. The van der Waals surface area contributed by atoms with Gasteiger partial charge in [0, 0.05) is 17.3 Å². The molecule has 1 aliphatic rings. The van der Waals surface area contributed by atoms with E-state index in [2.05, 4.69) is 36.5 Å². The fourth-order valence-corrected chi connectivity index (χ4v) is 2.00. The van der Waals surface area contributed by atoms with Gasteiger partial charge in [-0.3, -0.25) is 0 Å². The molecular weight excluding hydrogens is 198 g/mol. The van der Waals surface area contributed by atoms with Crippen molar-refractivity contribution in [1.82, 2.24) is 0 Å². The quantitative estimate of drug-likeness (QED) is 0.830. The number of benzene rings is 1. The van der Waals surface area contributed by atoms with Crippen molar-refractivity contribution in [2.75, 3.05) is 12.4 Å². The molecule has 0 aromatic heterocycles. The van der Waals surface area contributed by atoms with E-state index in [9.17, 15) is 0 Å². The molecule has 16 heavy (non-hydrogen) atoms. The van der Waals surface area contributed by atoms with Crippen LogP contribution in [-0.2, 0) is 0 Å². The summed E-state index contributed by atoms with van der Waals surface area (Å²) >= 11 is 0. The van der Waals surface area contributed by atoms with E-state index in [1.54, 1.807) is 7.11 Å². The molecule has 0 amide bonds. The van der Waals surface area contributed by atoms with Gasteiger partial charge in [0.1, 0.15) is 5.75 Å². The molecule has 0 bridgehead atoms. The van der Waals surface area contributed by atoms with Crippen LogP contribution in [0.2, 0.25) is 0 Å². The summed E-state index contributed by atoms with van der Waals surface area (Å²) in [5, 5.41) is 3.54. The highest BCUT2D eigenvalue weighted by Crippen LogP contribution is 2.28. The molecule has 1 aromatic rings. The van der Waals surface area contributed by atoms with E-state index < -0.39 is 0 Å². The molecular formula is C14H19NO. The van der Waals surface area contributed by atoms with Crippen molar-refractivity contribution in [2.24, 2.45) is 0 Å². The SMILES string of the molecule is CCCC[C@H]1C=Cc2cc(OC)ccc2N1. The van der Waals surface area contributed by atoms with Crippen LogP contribution in [0.4, 0.5) is 5.69 Å². The summed E-state index contributed by atoms with van der Waals surface area (Å²) in [6.45, 7) is 2.23. The monoisotopic (exact) mass is 217 g/mol. The van der Waals surface area contributed by atoms with E-state index in [1.807, 2.05) is 6.07 Å². The molecule has 0 unspecified atom stereocenters. The Bertz CT molecular complexity index is 384.